The molecular formula is C14H27N3O. The zero-order valence-electron chi connectivity index (χ0n) is 12.3. The van der Waals surface area contributed by atoms with E-state index >= 15 is 0 Å². The Labute approximate surface area is 110 Å². The molecular weight excluding hydrogens is 226 g/mol. The normalized spacial score (nSPS) is 15.7. The summed E-state index contributed by atoms with van der Waals surface area (Å²) >= 11 is 0. The van der Waals surface area contributed by atoms with Crippen LogP contribution in [-0.4, -0.2) is 27.5 Å². The van der Waals surface area contributed by atoms with Gasteiger partial charge in [-0.05, 0) is 26.7 Å². The van der Waals surface area contributed by atoms with Crippen molar-refractivity contribution >= 4 is 0 Å². The molecule has 1 rings (SSSR count). The summed E-state index contributed by atoms with van der Waals surface area (Å²) in [5.41, 5.74) is 1.18. The van der Waals surface area contributed by atoms with Crippen LogP contribution < -0.4 is 5.32 Å². The molecule has 4 heteroatoms. The van der Waals surface area contributed by atoms with Crippen LogP contribution in [0.2, 0.25) is 0 Å². The van der Waals surface area contributed by atoms with Crippen molar-refractivity contribution in [3.63, 3.8) is 0 Å². The highest BCUT2D eigenvalue weighted by atomic mass is 16.3. The number of hydrogen-bond donors (Lipinski definition) is 2. The monoisotopic (exact) mass is 253 g/mol. The van der Waals surface area contributed by atoms with Crippen LogP contribution in [-0.2, 0) is 12.1 Å². The van der Waals surface area contributed by atoms with Crippen LogP contribution in [0.4, 0.5) is 0 Å². The molecule has 2 N–H and O–H groups in total. The van der Waals surface area contributed by atoms with E-state index in [4.69, 9.17) is 0 Å². The van der Waals surface area contributed by atoms with Crippen molar-refractivity contribution in [2.24, 2.45) is 5.92 Å². The van der Waals surface area contributed by atoms with E-state index in [9.17, 15) is 5.11 Å². The Morgan fingerprint density at radius 1 is 1.44 bits per heavy atom. The van der Waals surface area contributed by atoms with Gasteiger partial charge in [0.05, 0.1) is 17.8 Å². The van der Waals surface area contributed by atoms with E-state index in [0.717, 1.165) is 18.5 Å². The molecule has 0 saturated heterocycles. The van der Waals surface area contributed by atoms with Gasteiger partial charge in [-0.25, -0.2) is 0 Å². The lowest BCUT2D eigenvalue weighted by Crippen LogP contribution is -2.31. The molecule has 1 heterocycles. The largest absolute Gasteiger partial charge is 0.392 e. The van der Waals surface area contributed by atoms with Crippen LogP contribution >= 0.6 is 0 Å². The van der Waals surface area contributed by atoms with Gasteiger partial charge in [-0.15, -0.1) is 0 Å². The SMILES string of the molecule is CCC(C)C(O)CNCc1cnn(C(C)(C)C)c1. The molecule has 0 bridgehead atoms. The van der Waals surface area contributed by atoms with Crippen LogP contribution in [0.25, 0.3) is 0 Å². The second-order valence-corrected chi connectivity index (χ2v) is 6.05. The average molecular weight is 253 g/mol. The number of hydrogen-bond acceptors (Lipinski definition) is 3. The summed E-state index contributed by atoms with van der Waals surface area (Å²) in [7, 11) is 0. The maximum atomic E-state index is 9.85. The maximum Gasteiger partial charge on any atom is 0.0690 e. The quantitative estimate of drug-likeness (QED) is 0.816. The summed E-state index contributed by atoms with van der Waals surface area (Å²) in [6, 6.07) is 0. The van der Waals surface area contributed by atoms with Crippen molar-refractivity contribution in [3.8, 4) is 0 Å². The molecule has 2 atom stereocenters. The lowest BCUT2D eigenvalue weighted by atomic mass is 10.0. The minimum atomic E-state index is -0.271. The Kier molecular flexibility index (Phi) is 5.35. The van der Waals surface area contributed by atoms with Crippen molar-refractivity contribution in [1.29, 1.82) is 0 Å². The minimum Gasteiger partial charge on any atom is -0.392 e. The number of rotatable bonds is 6. The Balaban J connectivity index is 2.38. The summed E-state index contributed by atoms with van der Waals surface area (Å²) in [6.45, 7) is 11.9. The van der Waals surface area contributed by atoms with Gasteiger partial charge in [0.25, 0.3) is 0 Å². The zero-order chi connectivity index (χ0) is 13.8. The predicted molar refractivity (Wildman–Crippen MR) is 74.4 cm³/mol. The van der Waals surface area contributed by atoms with Crippen molar-refractivity contribution in [2.45, 2.75) is 59.2 Å². The lowest BCUT2D eigenvalue weighted by Gasteiger charge is -2.19. The van der Waals surface area contributed by atoms with Gasteiger partial charge in [0.2, 0.25) is 0 Å². The molecule has 0 aliphatic rings. The molecule has 4 nitrogen and oxygen atoms in total. The fourth-order valence-corrected chi connectivity index (χ4v) is 1.66. The third kappa shape index (κ3) is 4.42. The van der Waals surface area contributed by atoms with Crippen LogP contribution in [0, 0.1) is 5.92 Å². The summed E-state index contributed by atoms with van der Waals surface area (Å²) in [6.07, 6.45) is 4.68. The first-order valence-electron chi connectivity index (χ1n) is 6.77. The number of nitrogens with zero attached hydrogens (tertiary/aromatic N) is 2. The first-order chi connectivity index (χ1) is 8.34. The van der Waals surface area contributed by atoms with Crippen molar-refractivity contribution < 1.29 is 5.11 Å². The Morgan fingerprint density at radius 2 is 2.11 bits per heavy atom. The molecule has 0 aliphatic carbocycles. The molecule has 0 radical (unpaired) electrons. The van der Waals surface area contributed by atoms with Crippen molar-refractivity contribution in [3.05, 3.63) is 18.0 Å². The van der Waals surface area contributed by atoms with Crippen molar-refractivity contribution in [2.75, 3.05) is 6.54 Å². The Bertz CT molecular complexity index is 354. The predicted octanol–water partition coefficient (Wildman–Crippen LogP) is 2.13. The molecule has 0 aliphatic heterocycles. The molecule has 1 aromatic heterocycles. The molecule has 0 fully saturated rings. The highest BCUT2D eigenvalue weighted by Crippen LogP contribution is 2.13. The number of aliphatic hydroxyl groups excluding tert-OH is 1. The summed E-state index contributed by atoms with van der Waals surface area (Å²) in [4.78, 5) is 0. The first-order valence-corrected chi connectivity index (χ1v) is 6.77. The molecule has 0 aromatic carbocycles. The van der Waals surface area contributed by atoms with E-state index in [1.54, 1.807) is 0 Å². The van der Waals surface area contributed by atoms with E-state index in [1.807, 2.05) is 10.9 Å². The highest BCUT2D eigenvalue weighted by Gasteiger charge is 2.14. The van der Waals surface area contributed by atoms with Gasteiger partial charge < -0.3 is 10.4 Å². The third-order valence-corrected chi connectivity index (χ3v) is 3.31. The van der Waals surface area contributed by atoms with Gasteiger partial charge in [-0.2, -0.15) is 5.10 Å². The van der Waals surface area contributed by atoms with Gasteiger partial charge in [0.1, 0.15) is 0 Å². The van der Waals surface area contributed by atoms with E-state index in [0.29, 0.717) is 12.5 Å². The molecule has 0 saturated carbocycles. The molecule has 2 unspecified atom stereocenters. The molecule has 0 spiro atoms. The standard InChI is InChI=1S/C14H27N3O/c1-6-11(2)13(18)9-15-7-12-8-16-17(10-12)14(3,4)5/h8,10-11,13,15,18H,6-7,9H2,1-5H3. The fourth-order valence-electron chi connectivity index (χ4n) is 1.66. The van der Waals surface area contributed by atoms with E-state index < -0.39 is 0 Å². The van der Waals surface area contributed by atoms with Crippen LogP contribution in [0.1, 0.15) is 46.6 Å². The number of aliphatic hydroxyl groups is 1. The van der Waals surface area contributed by atoms with Crippen LogP contribution in [0.5, 0.6) is 0 Å². The van der Waals surface area contributed by atoms with E-state index in [2.05, 4.69) is 51.2 Å². The van der Waals surface area contributed by atoms with Crippen molar-refractivity contribution in [1.82, 2.24) is 15.1 Å². The Morgan fingerprint density at radius 3 is 2.61 bits per heavy atom. The molecule has 0 amide bonds. The summed E-state index contributed by atoms with van der Waals surface area (Å²) in [5, 5.41) is 17.5. The topological polar surface area (TPSA) is 50.1 Å². The van der Waals surface area contributed by atoms with Gasteiger partial charge in [0, 0.05) is 24.8 Å². The van der Waals surface area contributed by atoms with Gasteiger partial charge >= 0.3 is 0 Å². The second-order valence-electron chi connectivity index (χ2n) is 6.05. The summed E-state index contributed by atoms with van der Waals surface area (Å²) in [5.74, 6) is 0.342. The van der Waals surface area contributed by atoms with Gasteiger partial charge in [-0.1, -0.05) is 20.3 Å². The van der Waals surface area contributed by atoms with Gasteiger partial charge in [0.15, 0.2) is 0 Å². The highest BCUT2D eigenvalue weighted by molar-refractivity contribution is 5.04. The Hall–Kier alpha value is -0.870. The lowest BCUT2D eigenvalue weighted by molar-refractivity contribution is 0.113. The maximum absolute atomic E-state index is 9.85. The fraction of sp³-hybridized carbons (Fsp3) is 0.786. The number of nitrogens with one attached hydrogen (secondary N) is 1. The third-order valence-electron chi connectivity index (χ3n) is 3.31. The molecule has 104 valence electrons. The second kappa shape index (κ2) is 6.34. The van der Waals surface area contributed by atoms with Gasteiger partial charge in [-0.3, -0.25) is 4.68 Å². The van der Waals surface area contributed by atoms with Crippen LogP contribution in [0.3, 0.4) is 0 Å². The zero-order valence-corrected chi connectivity index (χ0v) is 12.3. The molecule has 1 aromatic rings. The smallest absolute Gasteiger partial charge is 0.0690 e. The first kappa shape index (κ1) is 15.2. The summed E-state index contributed by atoms with van der Waals surface area (Å²) < 4.78 is 1.97. The minimum absolute atomic E-state index is 0.0223. The van der Waals surface area contributed by atoms with E-state index in [1.165, 1.54) is 0 Å². The van der Waals surface area contributed by atoms with E-state index in [-0.39, 0.29) is 11.6 Å². The average Bonchev–Trinajstić information content (AvgIpc) is 2.76. The van der Waals surface area contributed by atoms with Crippen LogP contribution in [0.15, 0.2) is 12.4 Å². The molecule has 18 heavy (non-hydrogen) atoms. The number of aromatic nitrogens is 2.